The highest BCUT2D eigenvalue weighted by atomic mass is 32.2. The van der Waals surface area contributed by atoms with Gasteiger partial charge in [0.1, 0.15) is 0 Å². The fourth-order valence-corrected chi connectivity index (χ4v) is 2.49. The molecule has 1 aliphatic heterocycles. The molecule has 0 atom stereocenters. The minimum Gasteiger partial charge on any atom is -0.478 e. The Labute approximate surface area is 120 Å². The number of nitrogens with one attached hydrogen (secondary N) is 1. The quantitative estimate of drug-likeness (QED) is 0.896. The maximum atomic E-state index is 12.1. The van der Waals surface area contributed by atoms with E-state index in [1.807, 2.05) is 0 Å². The first-order valence-electron chi connectivity index (χ1n) is 5.84. The molecule has 5 heteroatoms. The van der Waals surface area contributed by atoms with E-state index in [0.717, 1.165) is 4.91 Å². The van der Waals surface area contributed by atoms with E-state index in [1.165, 1.54) is 17.8 Å². The molecule has 4 nitrogen and oxygen atoms in total. The molecule has 0 saturated carbocycles. The highest BCUT2D eigenvalue weighted by Crippen LogP contribution is 2.30. The number of carboxylic acids is 1. The van der Waals surface area contributed by atoms with E-state index in [1.54, 1.807) is 24.3 Å². The summed E-state index contributed by atoms with van der Waals surface area (Å²) in [6, 6.07) is 6.29. The minimum atomic E-state index is -1.08. The van der Waals surface area contributed by atoms with Gasteiger partial charge in [0, 0.05) is 16.2 Å². The van der Waals surface area contributed by atoms with Crippen LogP contribution in [0.3, 0.4) is 0 Å². The van der Waals surface area contributed by atoms with Crippen LogP contribution in [0.1, 0.15) is 10.4 Å². The Morgan fingerprint density at radius 2 is 1.95 bits per heavy atom. The van der Waals surface area contributed by atoms with Crippen LogP contribution in [0.15, 0.2) is 59.6 Å². The van der Waals surface area contributed by atoms with Gasteiger partial charge in [-0.05, 0) is 23.8 Å². The topological polar surface area (TPSA) is 66.4 Å². The summed E-state index contributed by atoms with van der Waals surface area (Å²) in [5, 5.41) is 11.7. The lowest BCUT2D eigenvalue weighted by molar-refractivity contribution is -0.112. The summed E-state index contributed by atoms with van der Waals surface area (Å²) in [6.45, 7) is 7.63. The number of carbonyl (C=O) groups is 2. The largest absolute Gasteiger partial charge is 0.478 e. The van der Waals surface area contributed by atoms with Crippen LogP contribution in [0.25, 0.3) is 0 Å². The van der Waals surface area contributed by atoms with Gasteiger partial charge in [-0.2, -0.15) is 0 Å². The van der Waals surface area contributed by atoms with Crippen molar-refractivity contribution in [3.63, 3.8) is 0 Å². The number of thioether (sulfide) groups is 1. The van der Waals surface area contributed by atoms with E-state index < -0.39 is 5.97 Å². The number of aromatic carboxylic acids is 1. The van der Waals surface area contributed by atoms with Crippen LogP contribution in [0.5, 0.6) is 0 Å². The zero-order valence-electron chi connectivity index (χ0n) is 10.7. The van der Waals surface area contributed by atoms with Gasteiger partial charge in [0.05, 0.1) is 11.3 Å². The van der Waals surface area contributed by atoms with Gasteiger partial charge in [0.25, 0.3) is 5.91 Å². The number of benzene rings is 1. The first kappa shape index (κ1) is 14.1. The highest BCUT2D eigenvalue weighted by Gasteiger charge is 2.18. The molecular weight excluding hydrogens is 274 g/mol. The van der Waals surface area contributed by atoms with Crippen LogP contribution in [-0.2, 0) is 4.79 Å². The lowest BCUT2D eigenvalue weighted by Crippen LogP contribution is -2.19. The number of para-hydroxylation sites is 1. The normalized spacial score (nSPS) is 14.7. The molecule has 2 N–H and O–H groups in total. The Morgan fingerprint density at radius 3 is 2.60 bits per heavy atom. The van der Waals surface area contributed by atoms with Gasteiger partial charge in [-0.25, -0.2) is 4.79 Å². The molecule has 2 rings (SSSR count). The molecule has 1 aromatic carbocycles. The van der Waals surface area contributed by atoms with Gasteiger partial charge >= 0.3 is 5.97 Å². The smallest absolute Gasteiger partial charge is 0.337 e. The molecule has 0 unspecified atom stereocenters. The number of amides is 1. The molecule has 0 bridgehead atoms. The molecule has 1 aliphatic rings. The Kier molecular flexibility index (Phi) is 4.10. The second-order valence-corrected chi connectivity index (χ2v) is 5.28. The van der Waals surface area contributed by atoms with Crippen molar-refractivity contribution in [1.82, 2.24) is 0 Å². The van der Waals surface area contributed by atoms with Gasteiger partial charge in [0.2, 0.25) is 0 Å². The van der Waals surface area contributed by atoms with Crippen molar-refractivity contribution < 1.29 is 14.7 Å². The fraction of sp³-hybridized carbons (Fsp3) is 0.0667. The van der Waals surface area contributed by atoms with Crippen LogP contribution in [-0.4, -0.2) is 22.7 Å². The SMILES string of the molecule is C=C1C=C(C(=O)Nc2ccccc2C(=O)O)CSC1=C. The van der Waals surface area contributed by atoms with Crippen molar-refractivity contribution in [3.8, 4) is 0 Å². The Balaban J connectivity index is 2.21. The molecule has 1 amide bonds. The van der Waals surface area contributed by atoms with Gasteiger partial charge in [-0.3, -0.25) is 4.79 Å². The molecule has 0 saturated heterocycles. The zero-order chi connectivity index (χ0) is 14.7. The molecular formula is C15H13NO3S. The monoisotopic (exact) mass is 287 g/mol. The number of carboxylic acid groups (broad SMARTS) is 1. The molecule has 0 aliphatic carbocycles. The zero-order valence-corrected chi connectivity index (χ0v) is 11.5. The Hall–Kier alpha value is -2.27. The molecule has 0 aromatic heterocycles. The van der Waals surface area contributed by atoms with Crippen LogP contribution in [0, 0.1) is 0 Å². The second-order valence-electron chi connectivity index (χ2n) is 4.21. The van der Waals surface area contributed by atoms with Gasteiger partial charge in [-0.15, -0.1) is 11.8 Å². The first-order chi connectivity index (χ1) is 9.49. The molecule has 0 spiro atoms. The number of rotatable bonds is 3. The van der Waals surface area contributed by atoms with Crippen LogP contribution in [0.4, 0.5) is 5.69 Å². The molecule has 1 heterocycles. The predicted molar refractivity (Wildman–Crippen MR) is 80.9 cm³/mol. The van der Waals surface area contributed by atoms with Crippen molar-refractivity contribution >= 4 is 29.3 Å². The number of carbonyl (C=O) groups excluding carboxylic acids is 1. The Morgan fingerprint density at radius 1 is 1.25 bits per heavy atom. The maximum Gasteiger partial charge on any atom is 0.337 e. The number of hydrogen-bond donors (Lipinski definition) is 2. The average molecular weight is 287 g/mol. The summed E-state index contributed by atoms with van der Waals surface area (Å²) in [6.07, 6.45) is 1.68. The van der Waals surface area contributed by atoms with Crippen LogP contribution >= 0.6 is 11.8 Å². The van der Waals surface area contributed by atoms with Crippen LogP contribution < -0.4 is 5.32 Å². The van der Waals surface area contributed by atoms with Crippen molar-refractivity contribution in [2.75, 3.05) is 11.1 Å². The maximum absolute atomic E-state index is 12.1. The van der Waals surface area contributed by atoms with E-state index in [4.69, 9.17) is 5.11 Å². The fourth-order valence-electron chi connectivity index (χ4n) is 1.70. The molecule has 20 heavy (non-hydrogen) atoms. The molecule has 1 aromatic rings. The van der Waals surface area contributed by atoms with E-state index in [0.29, 0.717) is 16.9 Å². The third kappa shape index (κ3) is 3.00. The third-order valence-electron chi connectivity index (χ3n) is 2.81. The van der Waals surface area contributed by atoms with Crippen LogP contribution in [0.2, 0.25) is 0 Å². The molecule has 0 radical (unpaired) electrons. The van der Waals surface area contributed by atoms with E-state index in [2.05, 4.69) is 18.5 Å². The summed E-state index contributed by atoms with van der Waals surface area (Å²) >= 11 is 1.44. The standard InChI is InChI=1S/C15H13NO3S/c1-9-7-11(8-20-10(9)2)14(17)16-13-6-4-3-5-12(13)15(18)19/h3-7H,1-2,8H2,(H,16,17)(H,18,19). The average Bonchev–Trinajstić information content (AvgIpc) is 2.42. The lowest BCUT2D eigenvalue weighted by atomic mass is 10.1. The molecule has 0 fully saturated rings. The van der Waals surface area contributed by atoms with Crippen molar-refractivity contribution in [2.24, 2.45) is 0 Å². The summed E-state index contributed by atoms with van der Waals surface area (Å²) in [5.74, 6) is -0.899. The molecule has 102 valence electrons. The van der Waals surface area contributed by atoms with Crippen molar-refractivity contribution in [2.45, 2.75) is 0 Å². The third-order valence-corrected chi connectivity index (χ3v) is 3.87. The van der Waals surface area contributed by atoms with Gasteiger partial charge in [-0.1, -0.05) is 25.3 Å². The summed E-state index contributed by atoms with van der Waals surface area (Å²) < 4.78 is 0. The van der Waals surface area contributed by atoms with Gasteiger partial charge < -0.3 is 10.4 Å². The Bertz CT molecular complexity index is 646. The van der Waals surface area contributed by atoms with E-state index in [9.17, 15) is 9.59 Å². The number of anilines is 1. The first-order valence-corrected chi connectivity index (χ1v) is 6.83. The second kappa shape index (κ2) is 5.79. The summed E-state index contributed by atoms with van der Waals surface area (Å²) in [4.78, 5) is 24.1. The van der Waals surface area contributed by atoms with Crippen molar-refractivity contribution in [1.29, 1.82) is 0 Å². The highest BCUT2D eigenvalue weighted by molar-refractivity contribution is 8.03. The minimum absolute atomic E-state index is 0.0631. The lowest BCUT2D eigenvalue weighted by Gasteiger charge is -2.16. The summed E-state index contributed by atoms with van der Waals surface area (Å²) in [5.41, 5.74) is 1.60. The summed E-state index contributed by atoms with van der Waals surface area (Å²) in [7, 11) is 0. The number of allylic oxidation sites excluding steroid dienone is 2. The predicted octanol–water partition coefficient (Wildman–Crippen LogP) is 3.07. The van der Waals surface area contributed by atoms with Gasteiger partial charge in [0.15, 0.2) is 0 Å². The van der Waals surface area contributed by atoms with E-state index in [-0.39, 0.29) is 17.2 Å². The van der Waals surface area contributed by atoms with Crippen molar-refractivity contribution in [3.05, 3.63) is 65.1 Å². The van der Waals surface area contributed by atoms with E-state index >= 15 is 0 Å². The number of hydrogen-bond acceptors (Lipinski definition) is 3.